The zero-order chi connectivity index (χ0) is 13.9. The van der Waals surface area contributed by atoms with Crippen LogP contribution in [0.5, 0.6) is 0 Å². The van der Waals surface area contributed by atoms with Gasteiger partial charge >= 0.3 is 0 Å². The molecule has 1 fully saturated rings. The topological polar surface area (TPSA) is 49.4 Å². The van der Waals surface area contributed by atoms with Gasteiger partial charge in [-0.1, -0.05) is 24.3 Å². The van der Waals surface area contributed by atoms with E-state index in [2.05, 4.69) is 29.6 Å². The van der Waals surface area contributed by atoms with Crippen molar-refractivity contribution in [2.24, 2.45) is 11.3 Å². The van der Waals surface area contributed by atoms with Gasteiger partial charge in [0.25, 0.3) is 0 Å². The van der Waals surface area contributed by atoms with Crippen LogP contribution in [0.2, 0.25) is 0 Å². The largest absolute Gasteiger partial charge is 0.317 e. The van der Waals surface area contributed by atoms with E-state index >= 15 is 0 Å². The van der Waals surface area contributed by atoms with E-state index in [1.807, 2.05) is 0 Å². The summed E-state index contributed by atoms with van der Waals surface area (Å²) in [7, 11) is -1.41. The summed E-state index contributed by atoms with van der Waals surface area (Å²) in [5, 5.41) is 3.38. The quantitative estimate of drug-likeness (QED) is 0.848. The van der Waals surface area contributed by atoms with Crippen LogP contribution in [-0.4, -0.2) is 45.7 Å². The molecule has 4 nitrogen and oxygen atoms in total. The van der Waals surface area contributed by atoms with Gasteiger partial charge in [0.1, 0.15) is 0 Å². The molecule has 0 aromatic heterocycles. The second-order valence-electron chi connectivity index (χ2n) is 5.79. The average molecular weight is 284 g/mol. The van der Waals surface area contributed by atoms with Crippen LogP contribution in [0.15, 0.2) is 24.3 Å². The standard InChI is InChI=1S/C14H24N2O2S/c1-16(19(2,17)18)12-14(8-10-15-11-9-14)13-6-4-3-5-7-13/h3-6,13,15H,7-12H2,1-2H3. The maximum Gasteiger partial charge on any atom is 0.210 e. The summed E-state index contributed by atoms with van der Waals surface area (Å²) in [5.41, 5.74) is 0.0737. The molecule has 19 heavy (non-hydrogen) atoms. The number of rotatable bonds is 4. The molecular weight excluding hydrogens is 260 g/mol. The molecule has 2 rings (SSSR count). The van der Waals surface area contributed by atoms with Crippen molar-refractivity contribution in [3.8, 4) is 0 Å². The molecule has 1 saturated heterocycles. The zero-order valence-electron chi connectivity index (χ0n) is 11.8. The van der Waals surface area contributed by atoms with E-state index in [4.69, 9.17) is 0 Å². The maximum absolute atomic E-state index is 11.7. The summed E-state index contributed by atoms with van der Waals surface area (Å²) in [5.74, 6) is 0.448. The summed E-state index contributed by atoms with van der Waals surface area (Å²) >= 11 is 0. The number of hydrogen-bond acceptors (Lipinski definition) is 3. The van der Waals surface area contributed by atoms with Crippen molar-refractivity contribution in [3.05, 3.63) is 24.3 Å². The smallest absolute Gasteiger partial charge is 0.210 e. The lowest BCUT2D eigenvalue weighted by atomic mass is 9.67. The van der Waals surface area contributed by atoms with Crippen LogP contribution in [0.1, 0.15) is 19.3 Å². The van der Waals surface area contributed by atoms with Crippen LogP contribution in [0.25, 0.3) is 0 Å². The van der Waals surface area contributed by atoms with Crippen LogP contribution < -0.4 is 5.32 Å². The molecule has 0 amide bonds. The Bertz CT molecular complexity index is 462. The van der Waals surface area contributed by atoms with E-state index in [0.29, 0.717) is 12.5 Å². The number of allylic oxidation sites excluding steroid dienone is 4. The fraction of sp³-hybridized carbons (Fsp3) is 0.714. The van der Waals surface area contributed by atoms with E-state index in [1.54, 1.807) is 7.05 Å². The zero-order valence-corrected chi connectivity index (χ0v) is 12.6. The minimum absolute atomic E-state index is 0.0737. The van der Waals surface area contributed by atoms with Crippen LogP contribution in [0, 0.1) is 11.3 Å². The highest BCUT2D eigenvalue weighted by Gasteiger charge is 2.40. The Balaban J connectivity index is 2.19. The number of piperidine rings is 1. The summed E-state index contributed by atoms with van der Waals surface area (Å²) < 4.78 is 24.9. The molecule has 1 N–H and O–H groups in total. The first-order valence-electron chi connectivity index (χ1n) is 6.89. The predicted octanol–water partition coefficient (Wildman–Crippen LogP) is 1.38. The number of nitrogens with one attached hydrogen (secondary N) is 1. The molecule has 2 aliphatic rings. The van der Waals surface area contributed by atoms with Gasteiger partial charge in [0.15, 0.2) is 0 Å². The summed E-state index contributed by atoms with van der Waals surface area (Å²) in [6.07, 6.45) is 13.0. The molecule has 0 aromatic rings. The van der Waals surface area contributed by atoms with E-state index in [-0.39, 0.29) is 5.41 Å². The third kappa shape index (κ3) is 3.46. The second-order valence-corrected chi connectivity index (χ2v) is 7.88. The first kappa shape index (κ1) is 14.8. The molecule has 5 heteroatoms. The molecule has 0 aromatic carbocycles. The van der Waals surface area contributed by atoms with E-state index in [9.17, 15) is 8.42 Å². The Labute approximate surface area is 116 Å². The van der Waals surface area contributed by atoms with Crippen LogP contribution in [0.4, 0.5) is 0 Å². The summed E-state index contributed by atoms with van der Waals surface area (Å²) in [6, 6.07) is 0. The van der Waals surface area contributed by atoms with Crippen molar-refractivity contribution < 1.29 is 8.42 Å². The SMILES string of the molecule is CN(CC1(C2C=CC=CC2)CCNCC1)S(C)(=O)=O. The van der Waals surface area contributed by atoms with Crippen molar-refractivity contribution in [3.63, 3.8) is 0 Å². The van der Waals surface area contributed by atoms with Crippen LogP contribution in [-0.2, 0) is 10.0 Å². The maximum atomic E-state index is 11.7. The molecule has 0 spiro atoms. The van der Waals surface area contributed by atoms with Crippen molar-refractivity contribution in [2.75, 3.05) is 32.9 Å². The monoisotopic (exact) mass is 284 g/mol. The Morgan fingerprint density at radius 2 is 2.00 bits per heavy atom. The molecule has 108 valence electrons. The van der Waals surface area contributed by atoms with E-state index in [1.165, 1.54) is 10.6 Å². The molecule has 1 atom stereocenters. The average Bonchev–Trinajstić information content (AvgIpc) is 2.40. The first-order chi connectivity index (χ1) is 8.94. The minimum atomic E-state index is -3.11. The van der Waals surface area contributed by atoms with Gasteiger partial charge in [-0.2, -0.15) is 0 Å². The molecule has 0 saturated carbocycles. The fourth-order valence-electron chi connectivity index (χ4n) is 3.17. The van der Waals surface area contributed by atoms with Gasteiger partial charge in [0.2, 0.25) is 10.0 Å². The van der Waals surface area contributed by atoms with Gasteiger partial charge in [-0.25, -0.2) is 12.7 Å². The molecule has 1 unspecified atom stereocenters. The molecule has 0 bridgehead atoms. The Hall–Kier alpha value is -0.650. The third-order valence-electron chi connectivity index (χ3n) is 4.47. The molecule has 1 heterocycles. The van der Waals surface area contributed by atoms with Crippen molar-refractivity contribution in [1.82, 2.24) is 9.62 Å². The van der Waals surface area contributed by atoms with Crippen LogP contribution >= 0.6 is 0 Å². The molecule has 1 aliphatic carbocycles. The van der Waals surface area contributed by atoms with Crippen molar-refractivity contribution in [2.45, 2.75) is 19.3 Å². The van der Waals surface area contributed by atoms with Gasteiger partial charge in [0, 0.05) is 13.6 Å². The highest BCUT2D eigenvalue weighted by molar-refractivity contribution is 7.88. The highest BCUT2D eigenvalue weighted by atomic mass is 32.2. The number of sulfonamides is 1. The highest BCUT2D eigenvalue weighted by Crippen LogP contribution is 2.42. The Kier molecular flexibility index (Phi) is 4.48. The lowest BCUT2D eigenvalue weighted by Gasteiger charge is -2.45. The van der Waals surface area contributed by atoms with E-state index in [0.717, 1.165) is 32.4 Å². The lowest BCUT2D eigenvalue weighted by molar-refractivity contribution is 0.110. The fourth-order valence-corrected chi connectivity index (χ4v) is 3.66. The second kappa shape index (κ2) is 5.77. The van der Waals surface area contributed by atoms with Crippen molar-refractivity contribution >= 4 is 10.0 Å². The molecule has 0 radical (unpaired) electrons. The number of hydrogen-bond donors (Lipinski definition) is 1. The van der Waals surface area contributed by atoms with Gasteiger partial charge in [-0.05, 0) is 43.7 Å². The Morgan fingerprint density at radius 1 is 1.32 bits per heavy atom. The van der Waals surface area contributed by atoms with Crippen LogP contribution in [0.3, 0.4) is 0 Å². The molecule has 1 aliphatic heterocycles. The first-order valence-corrected chi connectivity index (χ1v) is 8.74. The lowest BCUT2D eigenvalue weighted by Crippen LogP contribution is -2.48. The van der Waals surface area contributed by atoms with Gasteiger partial charge in [-0.15, -0.1) is 0 Å². The normalized spacial score (nSPS) is 26.8. The summed E-state index contributed by atoms with van der Waals surface area (Å²) in [4.78, 5) is 0. The number of nitrogens with zero attached hydrogens (tertiary/aromatic N) is 1. The summed E-state index contributed by atoms with van der Waals surface area (Å²) in [6.45, 7) is 2.58. The van der Waals surface area contributed by atoms with Gasteiger partial charge in [0.05, 0.1) is 6.26 Å². The Morgan fingerprint density at radius 3 is 2.53 bits per heavy atom. The van der Waals surface area contributed by atoms with Gasteiger partial charge < -0.3 is 5.32 Å². The van der Waals surface area contributed by atoms with Crippen molar-refractivity contribution in [1.29, 1.82) is 0 Å². The minimum Gasteiger partial charge on any atom is -0.317 e. The predicted molar refractivity (Wildman–Crippen MR) is 78.4 cm³/mol. The molecular formula is C14H24N2O2S. The van der Waals surface area contributed by atoms with Gasteiger partial charge in [-0.3, -0.25) is 0 Å². The van der Waals surface area contributed by atoms with E-state index < -0.39 is 10.0 Å². The third-order valence-corrected chi connectivity index (χ3v) is 5.73.